The molecule has 4 heterocycles. The van der Waals surface area contributed by atoms with Crippen molar-refractivity contribution in [2.45, 2.75) is 44.2 Å². The van der Waals surface area contributed by atoms with Gasteiger partial charge in [0.25, 0.3) is 12.3 Å². The molecule has 2 aromatic heterocycles. The number of aromatic nitrogens is 4. The van der Waals surface area contributed by atoms with Crippen LogP contribution in [0.15, 0.2) is 18.3 Å². The van der Waals surface area contributed by atoms with Crippen LogP contribution in [0.3, 0.4) is 0 Å². The number of hydrogen-bond donors (Lipinski definition) is 0. The van der Waals surface area contributed by atoms with Crippen LogP contribution < -0.4 is 0 Å². The number of piperidine rings is 1. The van der Waals surface area contributed by atoms with Crippen molar-refractivity contribution in [1.82, 2.24) is 24.5 Å². The van der Waals surface area contributed by atoms with Gasteiger partial charge in [0.2, 0.25) is 0 Å². The monoisotopic (exact) mass is 465 g/mol. The summed E-state index contributed by atoms with van der Waals surface area (Å²) in [5.41, 5.74) is 1.29. The molecule has 1 fully saturated rings. The Bertz CT molecular complexity index is 1240. The van der Waals surface area contributed by atoms with Crippen molar-refractivity contribution in [3.63, 3.8) is 0 Å². The molecule has 33 heavy (non-hydrogen) atoms. The van der Waals surface area contributed by atoms with E-state index in [9.17, 15) is 26.7 Å². The number of carbonyl (C=O) groups excluding carboxylic acids is 1. The second-order valence-electron chi connectivity index (χ2n) is 8.47. The van der Waals surface area contributed by atoms with E-state index in [0.29, 0.717) is 30.7 Å². The molecule has 174 valence electrons. The highest BCUT2D eigenvalue weighted by Gasteiger charge is 2.44. The lowest BCUT2D eigenvalue weighted by Crippen LogP contribution is -2.50. The SMILES string of the molecule is Cn1nc2c(c1-c1cc(F)c(F)c(F)c1)CC1CCCC2N1C(=O)c1cnn(C)c1C(F)F. The number of benzene rings is 1. The van der Waals surface area contributed by atoms with Crippen LogP contribution in [0.4, 0.5) is 22.0 Å². The number of rotatable bonds is 3. The number of hydrogen-bond acceptors (Lipinski definition) is 3. The van der Waals surface area contributed by atoms with Gasteiger partial charge in [-0.1, -0.05) is 0 Å². The highest BCUT2D eigenvalue weighted by Crippen LogP contribution is 2.45. The summed E-state index contributed by atoms with van der Waals surface area (Å²) in [6.45, 7) is 0. The maximum Gasteiger partial charge on any atom is 0.280 e. The summed E-state index contributed by atoms with van der Waals surface area (Å²) in [4.78, 5) is 15.0. The summed E-state index contributed by atoms with van der Waals surface area (Å²) in [5, 5.41) is 8.38. The fourth-order valence-electron chi connectivity index (χ4n) is 5.21. The summed E-state index contributed by atoms with van der Waals surface area (Å²) in [6, 6.07) is 1.08. The Balaban J connectivity index is 1.59. The molecule has 2 unspecified atom stereocenters. The molecule has 0 N–H and O–H groups in total. The van der Waals surface area contributed by atoms with Gasteiger partial charge in [-0.15, -0.1) is 0 Å². The Labute approximate surface area is 185 Å². The third kappa shape index (κ3) is 3.24. The number of halogens is 5. The minimum atomic E-state index is -2.86. The van der Waals surface area contributed by atoms with E-state index >= 15 is 0 Å². The van der Waals surface area contributed by atoms with E-state index in [2.05, 4.69) is 10.2 Å². The number of carbonyl (C=O) groups is 1. The van der Waals surface area contributed by atoms with Gasteiger partial charge in [0.15, 0.2) is 17.5 Å². The molecule has 5 rings (SSSR count). The van der Waals surface area contributed by atoms with Crippen molar-refractivity contribution in [3.05, 3.63) is 58.3 Å². The lowest BCUT2D eigenvalue weighted by Gasteiger charge is -2.45. The number of amides is 1. The average Bonchev–Trinajstić information content (AvgIpc) is 3.30. The predicted molar refractivity (Wildman–Crippen MR) is 107 cm³/mol. The van der Waals surface area contributed by atoms with Crippen LogP contribution in [0.1, 0.15) is 59.0 Å². The topological polar surface area (TPSA) is 56.0 Å². The van der Waals surface area contributed by atoms with Crippen LogP contribution in [0, 0.1) is 17.5 Å². The first-order valence-electron chi connectivity index (χ1n) is 10.5. The average molecular weight is 465 g/mol. The number of alkyl halides is 2. The first-order valence-corrected chi connectivity index (χ1v) is 10.5. The van der Waals surface area contributed by atoms with Crippen LogP contribution in [0.5, 0.6) is 0 Å². The quantitative estimate of drug-likeness (QED) is 0.424. The largest absolute Gasteiger partial charge is 0.327 e. The van der Waals surface area contributed by atoms with Crippen LogP contribution >= 0.6 is 0 Å². The van der Waals surface area contributed by atoms with Crippen molar-refractivity contribution in [3.8, 4) is 11.3 Å². The number of fused-ring (bicyclic) bond motifs is 4. The molecule has 0 radical (unpaired) electrons. The van der Waals surface area contributed by atoms with Gasteiger partial charge in [0.1, 0.15) is 5.69 Å². The third-order valence-electron chi connectivity index (χ3n) is 6.59. The molecule has 11 heteroatoms. The van der Waals surface area contributed by atoms with E-state index in [-0.39, 0.29) is 17.2 Å². The summed E-state index contributed by atoms with van der Waals surface area (Å²) in [5.74, 6) is -4.69. The van der Waals surface area contributed by atoms with E-state index in [1.54, 1.807) is 11.9 Å². The van der Waals surface area contributed by atoms with Gasteiger partial charge in [-0.2, -0.15) is 10.2 Å². The maximum atomic E-state index is 13.9. The van der Waals surface area contributed by atoms with Crippen molar-refractivity contribution in [2.75, 3.05) is 0 Å². The summed E-state index contributed by atoms with van der Waals surface area (Å²) >= 11 is 0. The van der Waals surface area contributed by atoms with Crippen LogP contribution in [0.25, 0.3) is 11.3 Å². The molecule has 1 aromatic carbocycles. The fourth-order valence-corrected chi connectivity index (χ4v) is 5.21. The fraction of sp³-hybridized carbons (Fsp3) is 0.409. The molecule has 2 aliphatic rings. The van der Waals surface area contributed by atoms with E-state index in [1.165, 1.54) is 11.7 Å². The van der Waals surface area contributed by atoms with Crippen molar-refractivity contribution in [2.24, 2.45) is 14.1 Å². The van der Waals surface area contributed by atoms with Gasteiger partial charge in [-0.25, -0.2) is 22.0 Å². The van der Waals surface area contributed by atoms with Gasteiger partial charge < -0.3 is 4.90 Å². The third-order valence-corrected chi connectivity index (χ3v) is 6.59. The second kappa shape index (κ2) is 7.67. The lowest BCUT2D eigenvalue weighted by atomic mass is 9.81. The van der Waals surface area contributed by atoms with Gasteiger partial charge in [-0.05, 0) is 37.8 Å². The van der Waals surface area contributed by atoms with Crippen LogP contribution in [-0.4, -0.2) is 36.4 Å². The molecule has 1 saturated heterocycles. The molecular formula is C22H20F5N5O. The number of aryl methyl sites for hydroxylation is 2. The Morgan fingerprint density at radius 3 is 2.45 bits per heavy atom. The van der Waals surface area contributed by atoms with E-state index < -0.39 is 41.5 Å². The van der Waals surface area contributed by atoms with Crippen molar-refractivity contribution >= 4 is 5.91 Å². The van der Waals surface area contributed by atoms with Crippen LogP contribution in [-0.2, 0) is 20.5 Å². The zero-order valence-electron chi connectivity index (χ0n) is 17.8. The van der Waals surface area contributed by atoms with Gasteiger partial charge in [0, 0.05) is 31.3 Å². The lowest BCUT2D eigenvalue weighted by molar-refractivity contribution is 0.0382. The zero-order valence-corrected chi connectivity index (χ0v) is 17.8. The molecule has 0 saturated carbocycles. The van der Waals surface area contributed by atoms with Crippen molar-refractivity contribution < 1.29 is 26.7 Å². The first-order chi connectivity index (χ1) is 15.7. The minimum Gasteiger partial charge on any atom is -0.327 e. The number of nitrogens with zero attached hydrogens (tertiary/aromatic N) is 5. The molecule has 1 amide bonds. The molecule has 0 aliphatic carbocycles. The summed E-state index contributed by atoms with van der Waals surface area (Å²) < 4.78 is 71.0. The summed E-state index contributed by atoms with van der Waals surface area (Å²) in [7, 11) is 2.97. The highest BCUT2D eigenvalue weighted by molar-refractivity contribution is 5.96. The molecule has 2 bridgehead atoms. The smallest absolute Gasteiger partial charge is 0.280 e. The maximum absolute atomic E-state index is 13.9. The van der Waals surface area contributed by atoms with Gasteiger partial charge in [0.05, 0.1) is 29.2 Å². The molecule has 2 atom stereocenters. The van der Waals surface area contributed by atoms with Gasteiger partial charge in [-0.3, -0.25) is 14.2 Å². The van der Waals surface area contributed by atoms with E-state index in [4.69, 9.17) is 0 Å². The normalized spacial score (nSPS) is 19.8. The summed E-state index contributed by atoms with van der Waals surface area (Å²) in [6.07, 6.45) is 0.670. The van der Waals surface area contributed by atoms with E-state index in [1.807, 2.05) is 0 Å². The molecular weight excluding hydrogens is 445 g/mol. The predicted octanol–water partition coefficient (Wildman–Crippen LogP) is 4.47. The Morgan fingerprint density at radius 2 is 1.79 bits per heavy atom. The second-order valence-corrected chi connectivity index (χ2v) is 8.47. The van der Waals surface area contributed by atoms with E-state index in [0.717, 1.165) is 35.0 Å². The standard InChI is InChI=1S/C22H20F5N5O/c1-30-20(21(26)27)13(9-28-30)22(33)32-11-4-3-5-16(32)18-12(8-11)19(31(2)29-18)10-6-14(23)17(25)15(24)7-10/h6-7,9,11,16,21H,3-5,8H2,1-2H3. The zero-order chi connectivity index (χ0) is 23.6. The first kappa shape index (κ1) is 21.6. The molecule has 0 spiro atoms. The Hall–Kier alpha value is -3.24. The minimum absolute atomic E-state index is 0.146. The van der Waals surface area contributed by atoms with Crippen molar-refractivity contribution in [1.29, 1.82) is 0 Å². The highest BCUT2D eigenvalue weighted by atomic mass is 19.3. The Morgan fingerprint density at radius 1 is 1.09 bits per heavy atom. The van der Waals surface area contributed by atoms with Crippen LogP contribution in [0.2, 0.25) is 0 Å². The Kier molecular flexibility index (Phi) is 5.02. The molecule has 2 aliphatic heterocycles. The molecule has 3 aromatic rings. The molecule has 6 nitrogen and oxygen atoms in total. The van der Waals surface area contributed by atoms with Gasteiger partial charge >= 0.3 is 0 Å².